The number of amides is 1. The first-order valence-electron chi connectivity index (χ1n) is 7.59. The lowest BCUT2D eigenvalue weighted by atomic mass is 10.1. The molecule has 0 bridgehead atoms. The molecule has 1 aromatic heterocycles. The largest absolute Gasteiger partial charge is 0.456 e. The van der Waals surface area contributed by atoms with Gasteiger partial charge in [0.25, 0.3) is 11.6 Å². The van der Waals surface area contributed by atoms with E-state index in [-0.39, 0.29) is 11.3 Å². The van der Waals surface area contributed by atoms with Crippen LogP contribution in [0.3, 0.4) is 0 Å². The molecule has 0 unspecified atom stereocenters. The van der Waals surface area contributed by atoms with E-state index in [1.165, 1.54) is 24.3 Å². The fraction of sp³-hybridized carbons (Fsp3) is 0. The summed E-state index contributed by atoms with van der Waals surface area (Å²) in [5, 5.41) is 15.5. The Morgan fingerprint density at radius 1 is 0.920 bits per heavy atom. The van der Waals surface area contributed by atoms with Crippen molar-refractivity contribution in [1.29, 1.82) is 0 Å². The average Bonchev–Trinajstić information content (AvgIpc) is 3.00. The van der Waals surface area contributed by atoms with Crippen molar-refractivity contribution in [1.82, 2.24) is 0 Å². The standard InChI is InChI=1S/C19H12N2O4/c22-19(12-4-3-5-14(10-12)21(23)24)20-13-8-9-18-16(11-13)15-6-1-2-7-17(15)25-18/h1-11H,(H,20,22). The molecule has 25 heavy (non-hydrogen) atoms. The summed E-state index contributed by atoms with van der Waals surface area (Å²) in [6.07, 6.45) is 0. The number of carbonyl (C=O) groups excluding carboxylic acids is 1. The van der Waals surface area contributed by atoms with Crippen LogP contribution in [0, 0.1) is 10.1 Å². The van der Waals surface area contributed by atoms with Gasteiger partial charge in [0.2, 0.25) is 0 Å². The van der Waals surface area contributed by atoms with Crippen LogP contribution in [0.4, 0.5) is 11.4 Å². The second-order valence-electron chi connectivity index (χ2n) is 5.57. The van der Waals surface area contributed by atoms with Gasteiger partial charge in [-0.25, -0.2) is 0 Å². The van der Waals surface area contributed by atoms with Crippen molar-refractivity contribution >= 4 is 39.2 Å². The number of hydrogen-bond acceptors (Lipinski definition) is 4. The number of carbonyl (C=O) groups is 1. The highest BCUT2D eigenvalue weighted by Gasteiger charge is 2.13. The Balaban J connectivity index is 1.68. The van der Waals surface area contributed by atoms with Crippen molar-refractivity contribution in [3.63, 3.8) is 0 Å². The number of nitro groups is 1. The van der Waals surface area contributed by atoms with E-state index in [9.17, 15) is 14.9 Å². The minimum atomic E-state index is -0.527. The van der Waals surface area contributed by atoms with Gasteiger partial charge in [-0.1, -0.05) is 24.3 Å². The summed E-state index contributed by atoms with van der Waals surface area (Å²) in [7, 11) is 0. The van der Waals surface area contributed by atoms with Crippen molar-refractivity contribution in [2.75, 3.05) is 5.32 Å². The molecule has 1 N–H and O–H groups in total. The van der Waals surface area contributed by atoms with Gasteiger partial charge in [0.15, 0.2) is 0 Å². The summed E-state index contributed by atoms with van der Waals surface area (Å²) in [4.78, 5) is 22.7. The second-order valence-corrected chi connectivity index (χ2v) is 5.57. The lowest BCUT2D eigenvalue weighted by molar-refractivity contribution is -0.384. The fourth-order valence-electron chi connectivity index (χ4n) is 2.77. The smallest absolute Gasteiger partial charge is 0.270 e. The maximum absolute atomic E-state index is 12.4. The molecule has 0 saturated carbocycles. The van der Waals surface area contributed by atoms with E-state index < -0.39 is 10.8 Å². The third-order valence-electron chi connectivity index (χ3n) is 3.95. The van der Waals surface area contributed by atoms with Gasteiger partial charge in [0, 0.05) is 34.2 Å². The van der Waals surface area contributed by atoms with E-state index in [2.05, 4.69) is 5.32 Å². The normalized spacial score (nSPS) is 10.9. The molecule has 6 nitrogen and oxygen atoms in total. The lowest BCUT2D eigenvalue weighted by Crippen LogP contribution is -2.11. The zero-order chi connectivity index (χ0) is 17.4. The van der Waals surface area contributed by atoms with Crippen LogP contribution in [0.1, 0.15) is 10.4 Å². The first-order chi connectivity index (χ1) is 12.1. The van der Waals surface area contributed by atoms with Gasteiger partial charge in [0.1, 0.15) is 11.2 Å². The molecule has 0 aliphatic rings. The summed E-state index contributed by atoms with van der Waals surface area (Å²) < 4.78 is 5.75. The van der Waals surface area contributed by atoms with E-state index in [1.807, 2.05) is 30.3 Å². The molecular weight excluding hydrogens is 320 g/mol. The van der Waals surface area contributed by atoms with Gasteiger partial charge in [-0.2, -0.15) is 0 Å². The van der Waals surface area contributed by atoms with Crippen LogP contribution in [0.2, 0.25) is 0 Å². The van der Waals surface area contributed by atoms with E-state index in [4.69, 9.17) is 4.42 Å². The van der Waals surface area contributed by atoms with Crippen molar-refractivity contribution in [3.8, 4) is 0 Å². The molecular formula is C19H12N2O4. The van der Waals surface area contributed by atoms with Crippen molar-refractivity contribution in [2.24, 2.45) is 0 Å². The molecule has 1 heterocycles. The van der Waals surface area contributed by atoms with E-state index in [0.717, 1.165) is 21.9 Å². The number of non-ortho nitro benzene ring substituents is 1. The SMILES string of the molecule is O=C(Nc1ccc2oc3ccccc3c2c1)c1cccc([N+](=O)[O-])c1. The van der Waals surface area contributed by atoms with Crippen LogP contribution in [0.15, 0.2) is 71.1 Å². The summed E-state index contributed by atoms with van der Waals surface area (Å²) in [5.74, 6) is -0.407. The summed E-state index contributed by atoms with van der Waals surface area (Å²) in [5.41, 5.74) is 2.21. The molecule has 1 amide bonds. The van der Waals surface area contributed by atoms with Crippen LogP contribution >= 0.6 is 0 Å². The molecule has 4 rings (SSSR count). The molecule has 0 saturated heterocycles. The van der Waals surface area contributed by atoms with Crippen molar-refractivity contribution in [3.05, 3.63) is 82.4 Å². The van der Waals surface area contributed by atoms with Crippen molar-refractivity contribution < 1.29 is 14.1 Å². The number of hydrogen-bond donors (Lipinski definition) is 1. The number of fused-ring (bicyclic) bond motifs is 3. The highest BCUT2D eigenvalue weighted by atomic mass is 16.6. The van der Waals surface area contributed by atoms with Gasteiger partial charge in [-0.3, -0.25) is 14.9 Å². The Morgan fingerprint density at radius 3 is 2.56 bits per heavy atom. The first kappa shape index (κ1) is 14.9. The van der Waals surface area contributed by atoms with Crippen LogP contribution in [0.5, 0.6) is 0 Å². The quantitative estimate of drug-likeness (QED) is 0.433. The summed E-state index contributed by atoms with van der Waals surface area (Å²) in [6, 6.07) is 18.6. The minimum absolute atomic E-state index is 0.121. The number of para-hydroxylation sites is 1. The predicted molar refractivity (Wildman–Crippen MR) is 94.8 cm³/mol. The minimum Gasteiger partial charge on any atom is -0.456 e. The number of nitrogens with zero attached hydrogens (tertiary/aromatic N) is 1. The second kappa shape index (κ2) is 5.76. The zero-order valence-corrected chi connectivity index (χ0v) is 12.9. The van der Waals surface area contributed by atoms with E-state index >= 15 is 0 Å². The van der Waals surface area contributed by atoms with Gasteiger partial charge >= 0.3 is 0 Å². The molecule has 0 aliphatic carbocycles. The molecule has 6 heteroatoms. The number of anilines is 1. The third-order valence-corrected chi connectivity index (χ3v) is 3.95. The Hall–Kier alpha value is -3.67. The van der Waals surface area contributed by atoms with E-state index in [0.29, 0.717) is 5.69 Å². The molecule has 0 aliphatic heterocycles. The van der Waals surface area contributed by atoms with Gasteiger partial charge in [-0.15, -0.1) is 0 Å². The lowest BCUT2D eigenvalue weighted by Gasteiger charge is -2.05. The zero-order valence-electron chi connectivity index (χ0n) is 12.9. The maximum Gasteiger partial charge on any atom is 0.270 e. The summed E-state index contributed by atoms with van der Waals surface area (Å²) in [6.45, 7) is 0. The van der Waals surface area contributed by atoms with Gasteiger partial charge in [-0.05, 0) is 30.3 Å². The van der Waals surface area contributed by atoms with Crippen LogP contribution in [-0.4, -0.2) is 10.8 Å². The summed E-state index contributed by atoms with van der Waals surface area (Å²) >= 11 is 0. The highest BCUT2D eigenvalue weighted by Crippen LogP contribution is 2.30. The molecule has 122 valence electrons. The van der Waals surface area contributed by atoms with Crippen LogP contribution in [0.25, 0.3) is 21.9 Å². The van der Waals surface area contributed by atoms with Gasteiger partial charge in [0.05, 0.1) is 4.92 Å². The Kier molecular flexibility index (Phi) is 3.43. The molecule has 4 aromatic rings. The van der Waals surface area contributed by atoms with E-state index in [1.54, 1.807) is 12.1 Å². The van der Waals surface area contributed by atoms with Crippen LogP contribution < -0.4 is 5.32 Å². The number of nitrogens with one attached hydrogen (secondary N) is 1. The fourth-order valence-corrected chi connectivity index (χ4v) is 2.77. The first-order valence-corrected chi connectivity index (χ1v) is 7.59. The Labute approximate surface area is 141 Å². The molecule has 3 aromatic carbocycles. The number of furan rings is 1. The third kappa shape index (κ3) is 2.70. The molecule has 0 atom stereocenters. The Morgan fingerprint density at radius 2 is 1.72 bits per heavy atom. The average molecular weight is 332 g/mol. The highest BCUT2D eigenvalue weighted by molar-refractivity contribution is 6.09. The van der Waals surface area contributed by atoms with Crippen LogP contribution in [-0.2, 0) is 0 Å². The van der Waals surface area contributed by atoms with Crippen molar-refractivity contribution in [2.45, 2.75) is 0 Å². The topological polar surface area (TPSA) is 85.4 Å². The molecule has 0 spiro atoms. The Bertz CT molecular complexity index is 1130. The van der Waals surface area contributed by atoms with Gasteiger partial charge < -0.3 is 9.73 Å². The number of benzene rings is 3. The molecule has 0 radical (unpaired) electrons. The number of rotatable bonds is 3. The number of nitro benzene ring substituents is 1. The maximum atomic E-state index is 12.4. The molecule has 0 fully saturated rings. The predicted octanol–water partition coefficient (Wildman–Crippen LogP) is 4.75. The monoisotopic (exact) mass is 332 g/mol.